The molecule has 4 rings (SSSR count). The number of nitrogens with one attached hydrogen (secondary N) is 1. The largest absolute Gasteiger partial charge is 0.417 e. The Bertz CT molecular complexity index is 825. The molecule has 1 aliphatic heterocycles. The number of likely N-dealkylation sites (tertiary alicyclic amines) is 1. The summed E-state index contributed by atoms with van der Waals surface area (Å²) in [7, 11) is 0. The second-order valence-corrected chi connectivity index (χ2v) is 8.93. The van der Waals surface area contributed by atoms with Crippen LogP contribution in [-0.2, 0) is 12.4 Å². The Kier molecular flexibility index (Phi) is 6.00. The number of nitrogens with zero attached hydrogens (tertiary/aromatic N) is 1. The third-order valence-corrected chi connectivity index (χ3v) is 6.70. The normalized spacial score (nSPS) is 25.6. The minimum atomic E-state index is -5.06. The fourth-order valence-electron chi connectivity index (χ4n) is 5.05. The van der Waals surface area contributed by atoms with Gasteiger partial charge in [0.2, 0.25) is 0 Å². The molecule has 1 heterocycles. The number of alkyl halides is 6. The molecule has 1 amide bonds. The molecule has 172 valence electrons. The first kappa shape index (κ1) is 22.4. The van der Waals surface area contributed by atoms with Crippen LogP contribution in [0.4, 0.5) is 26.3 Å². The third-order valence-electron chi connectivity index (χ3n) is 6.70. The first-order valence-corrected chi connectivity index (χ1v) is 10.9. The molecule has 9 heteroatoms. The molecule has 31 heavy (non-hydrogen) atoms. The lowest BCUT2D eigenvalue weighted by atomic mass is 9.88. The van der Waals surface area contributed by atoms with Crippen molar-refractivity contribution >= 4 is 5.91 Å². The van der Waals surface area contributed by atoms with Crippen molar-refractivity contribution in [3.05, 3.63) is 34.4 Å². The van der Waals surface area contributed by atoms with Crippen LogP contribution in [0.25, 0.3) is 0 Å². The van der Waals surface area contributed by atoms with Crippen molar-refractivity contribution in [3.8, 4) is 0 Å². The van der Waals surface area contributed by atoms with E-state index >= 15 is 0 Å². The Morgan fingerprint density at radius 2 is 1.52 bits per heavy atom. The second kappa shape index (κ2) is 8.30. The van der Waals surface area contributed by atoms with Gasteiger partial charge in [-0.2, -0.15) is 26.3 Å². The summed E-state index contributed by atoms with van der Waals surface area (Å²) in [6, 6.07) is 0.586. The summed E-state index contributed by atoms with van der Waals surface area (Å²) in [5, 5.41) is 2.79. The highest BCUT2D eigenvalue weighted by Crippen LogP contribution is 2.47. The zero-order chi connectivity index (χ0) is 22.4. The van der Waals surface area contributed by atoms with Gasteiger partial charge in [-0.3, -0.25) is 9.69 Å². The molecule has 2 atom stereocenters. The molecule has 0 radical (unpaired) electrons. The minimum Gasteiger partial charge on any atom is -0.348 e. The zero-order valence-corrected chi connectivity index (χ0v) is 17.1. The number of halogens is 6. The predicted molar refractivity (Wildman–Crippen MR) is 103 cm³/mol. The minimum absolute atomic E-state index is 0.0633. The van der Waals surface area contributed by atoms with Gasteiger partial charge in [-0.05, 0) is 75.2 Å². The molecule has 0 unspecified atom stereocenters. The van der Waals surface area contributed by atoms with Crippen LogP contribution in [0.2, 0.25) is 0 Å². The van der Waals surface area contributed by atoms with Gasteiger partial charge in [0.05, 0.1) is 16.7 Å². The summed E-state index contributed by atoms with van der Waals surface area (Å²) in [6.07, 6.45) is -3.51. The van der Waals surface area contributed by atoms with E-state index in [1.165, 1.54) is 0 Å². The summed E-state index contributed by atoms with van der Waals surface area (Å²) >= 11 is 0. The van der Waals surface area contributed by atoms with Gasteiger partial charge in [0, 0.05) is 12.1 Å². The van der Waals surface area contributed by atoms with E-state index in [0.717, 1.165) is 51.3 Å². The van der Waals surface area contributed by atoms with E-state index in [2.05, 4.69) is 10.2 Å². The first-order valence-electron chi connectivity index (χ1n) is 10.9. The molecular weight excluding hydrogens is 422 g/mol. The van der Waals surface area contributed by atoms with Crippen molar-refractivity contribution in [2.45, 2.75) is 81.7 Å². The van der Waals surface area contributed by atoms with Crippen molar-refractivity contribution in [2.24, 2.45) is 0 Å². The van der Waals surface area contributed by atoms with Crippen molar-refractivity contribution in [1.82, 2.24) is 10.2 Å². The Hall–Kier alpha value is -1.77. The molecule has 3 nitrogen and oxygen atoms in total. The fraction of sp³-hybridized carbons (Fsp3) is 0.682. The Labute approximate surface area is 177 Å². The highest BCUT2D eigenvalue weighted by atomic mass is 19.4. The van der Waals surface area contributed by atoms with E-state index in [9.17, 15) is 31.1 Å². The van der Waals surface area contributed by atoms with Gasteiger partial charge < -0.3 is 5.32 Å². The Morgan fingerprint density at radius 1 is 0.871 bits per heavy atom. The third kappa shape index (κ3) is 4.86. The molecule has 0 aromatic heterocycles. The van der Waals surface area contributed by atoms with Gasteiger partial charge in [-0.15, -0.1) is 0 Å². The number of rotatable bonds is 4. The maximum Gasteiger partial charge on any atom is 0.417 e. The van der Waals surface area contributed by atoms with Gasteiger partial charge in [0.15, 0.2) is 0 Å². The second-order valence-electron chi connectivity index (χ2n) is 8.93. The number of carbonyl (C=O) groups is 1. The number of carbonyl (C=O) groups excluding carboxylic acids is 1. The molecule has 2 saturated carbocycles. The van der Waals surface area contributed by atoms with Crippen molar-refractivity contribution < 1.29 is 31.1 Å². The Morgan fingerprint density at radius 3 is 2.10 bits per heavy atom. The van der Waals surface area contributed by atoms with Gasteiger partial charge in [-0.25, -0.2) is 0 Å². The van der Waals surface area contributed by atoms with Crippen LogP contribution in [-0.4, -0.2) is 36.0 Å². The lowest BCUT2D eigenvalue weighted by Gasteiger charge is -2.38. The van der Waals surface area contributed by atoms with Crippen molar-refractivity contribution in [1.29, 1.82) is 0 Å². The maximum absolute atomic E-state index is 13.8. The number of amides is 1. The molecule has 0 bridgehead atoms. The molecule has 1 N–H and O–H groups in total. The van der Waals surface area contributed by atoms with Crippen LogP contribution in [0.5, 0.6) is 0 Å². The summed E-state index contributed by atoms with van der Waals surface area (Å²) in [5.41, 5.74) is -3.61. The molecule has 1 aromatic rings. The fourth-order valence-corrected chi connectivity index (χ4v) is 5.05. The SMILES string of the molecule is O=C(N[C@@H]1CCCC[C@@H]1N1CCCC1)c1c(C2CC2)cc(C(F)(F)F)cc1C(F)(F)F. The van der Waals surface area contributed by atoms with Crippen LogP contribution >= 0.6 is 0 Å². The van der Waals surface area contributed by atoms with E-state index in [0.29, 0.717) is 19.3 Å². The predicted octanol–water partition coefficient (Wildman–Crippen LogP) is 5.74. The summed E-state index contributed by atoms with van der Waals surface area (Å²) in [4.78, 5) is 15.4. The molecule has 1 saturated heterocycles. The van der Waals surface area contributed by atoms with Gasteiger partial charge in [0.25, 0.3) is 5.91 Å². The molecule has 2 aliphatic carbocycles. The number of benzene rings is 1. The summed E-state index contributed by atoms with van der Waals surface area (Å²) in [5.74, 6) is -1.34. The average molecular weight is 448 g/mol. The van der Waals surface area contributed by atoms with Gasteiger partial charge >= 0.3 is 12.4 Å². The smallest absolute Gasteiger partial charge is 0.348 e. The van der Waals surface area contributed by atoms with Crippen LogP contribution in [0.3, 0.4) is 0 Å². The highest BCUT2D eigenvalue weighted by molar-refractivity contribution is 5.98. The quantitative estimate of drug-likeness (QED) is 0.596. The van der Waals surface area contributed by atoms with E-state index in [1.54, 1.807) is 0 Å². The van der Waals surface area contributed by atoms with Crippen LogP contribution in [0.15, 0.2) is 12.1 Å². The Balaban J connectivity index is 1.69. The maximum atomic E-state index is 13.8. The van der Waals surface area contributed by atoms with E-state index in [-0.39, 0.29) is 23.7 Å². The zero-order valence-electron chi connectivity index (χ0n) is 17.1. The van der Waals surface area contributed by atoms with E-state index in [1.807, 2.05) is 0 Å². The standard InChI is InChI=1S/C22H26F6N2O/c23-21(24,25)14-11-15(13-7-8-13)19(16(12-14)22(26,27)28)20(31)29-17-5-1-2-6-18(17)30-9-3-4-10-30/h11-13,17-18H,1-10H2,(H,29,31)/t17-,18+/m1/s1. The molecular formula is C22H26F6N2O. The molecule has 3 fully saturated rings. The monoisotopic (exact) mass is 448 g/mol. The van der Waals surface area contributed by atoms with Gasteiger partial charge in [0.1, 0.15) is 0 Å². The number of hydrogen-bond acceptors (Lipinski definition) is 2. The topological polar surface area (TPSA) is 32.3 Å². The lowest BCUT2D eigenvalue weighted by Crippen LogP contribution is -2.52. The van der Waals surface area contributed by atoms with Crippen LogP contribution < -0.4 is 5.32 Å². The van der Waals surface area contributed by atoms with Crippen molar-refractivity contribution in [2.75, 3.05) is 13.1 Å². The van der Waals surface area contributed by atoms with Crippen LogP contribution in [0, 0.1) is 0 Å². The molecule has 3 aliphatic rings. The van der Waals surface area contributed by atoms with E-state index in [4.69, 9.17) is 0 Å². The average Bonchev–Trinajstić information content (AvgIpc) is 3.40. The van der Waals surface area contributed by atoms with Crippen molar-refractivity contribution in [3.63, 3.8) is 0 Å². The summed E-state index contributed by atoms with van der Waals surface area (Å²) < 4.78 is 81.2. The molecule has 1 aromatic carbocycles. The highest BCUT2D eigenvalue weighted by Gasteiger charge is 2.44. The number of hydrogen-bond donors (Lipinski definition) is 1. The lowest BCUT2D eigenvalue weighted by molar-refractivity contribution is -0.143. The van der Waals surface area contributed by atoms with Gasteiger partial charge in [-0.1, -0.05) is 12.8 Å². The summed E-state index contributed by atoms with van der Waals surface area (Å²) in [6.45, 7) is 1.80. The first-order chi connectivity index (χ1) is 14.6. The van der Waals surface area contributed by atoms with E-state index < -0.39 is 40.9 Å². The molecule has 0 spiro atoms. The van der Waals surface area contributed by atoms with Crippen LogP contribution in [0.1, 0.15) is 84.3 Å².